The monoisotopic (exact) mass is 212 g/mol. The van der Waals surface area contributed by atoms with Crippen molar-refractivity contribution in [3.63, 3.8) is 0 Å². The Kier molecular flexibility index (Phi) is 6.41. The molecule has 5 nitrogen and oxygen atoms in total. The Morgan fingerprint density at radius 3 is 2.20 bits per heavy atom. The quantitative estimate of drug-likeness (QED) is 0.513. The number of carboxylic acid groups (broad SMARTS) is 1. The van der Waals surface area contributed by atoms with Gasteiger partial charge in [-0.15, -0.1) is 0 Å². The Balaban J connectivity index is 0.000000288. The largest absolute Gasteiger partial charge is 0.510 e. The number of ether oxygens (including phenoxy) is 1. The lowest BCUT2D eigenvalue weighted by Gasteiger charge is -1.93. The zero-order valence-corrected chi connectivity index (χ0v) is 7.96. The SMILES string of the molecule is C=COC(=O)O.OCc1ccc(O)cc1. The molecule has 0 radical (unpaired) electrons. The molecule has 0 fully saturated rings. The molecule has 0 amide bonds. The van der Waals surface area contributed by atoms with E-state index < -0.39 is 6.16 Å². The molecule has 1 rings (SSSR count). The third-order valence-electron chi connectivity index (χ3n) is 1.30. The van der Waals surface area contributed by atoms with E-state index in [1.807, 2.05) is 0 Å². The van der Waals surface area contributed by atoms with Crippen molar-refractivity contribution in [2.45, 2.75) is 6.61 Å². The van der Waals surface area contributed by atoms with E-state index in [4.69, 9.17) is 15.3 Å². The van der Waals surface area contributed by atoms with E-state index in [1.54, 1.807) is 24.3 Å². The van der Waals surface area contributed by atoms with E-state index in [9.17, 15) is 4.79 Å². The van der Waals surface area contributed by atoms with E-state index in [0.717, 1.165) is 11.8 Å². The predicted molar refractivity (Wildman–Crippen MR) is 53.3 cm³/mol. The first-order chi connectivity index (χ1) is 7.10. The average molecular weight is 212 g/mol. The van der Waals surface area contributed by atoms with Crippen molar-refractivity contribution in [3.05, 3.63) is 42.7 Å². The smallest absolute Gasteiger partial charge is 0.508 e. The second-order valence-electron chi connectivity index (χ2n) is 2.37. The van der Waals surface area contributed by atoms with Crippen LogP contribution in [0.3, 0.4) is 0 Å². The molecule has 0 aliphatic carbocycles. The van der Waals surface area contributed by atoms with Crippen LogP contribution in [0.2, 0.25) is 0 Å². The van der Waals surface area contributed by atoms with Crippen LogP contribution in [0.5, 0.6) is 5.75 Å². The normalized spacial score (nSPS) is 8.33. The van der Waals surface area contributed by atoms with Crippen LogP contribution in [-0.4, -0.2) is 21.5 Å². The minimum absolute atomic E-state index is 0.0281. The molecule has 0 aromatic heterocycles. The van der Waals surface area contributed by atoms with Crippen molar-refractivity contribution in [3.8, 4) is 5.75 Å². The second kappa shape index (κ2) is 7.40. The molecule has 1 aromatic carbocycles. The Hall–Kier alpha value is -2.01. The molecule has 0 atom stereocenters. The van der Waals surface area contributed by atoms with E-state index in [1.165, 1.54) is 0 Å². The minimum Gasteiger partial charge on any atom is -0.508 e. The summed E-state index contributed by atoms with van der Waals surface area (Å²) in [5.41, 5.74) is 0.813. The second-order valence-corrected chi connectivity index (χ2v) is 2.37. The van der Waals surface area contributed by atoms with Crippen LogP contribution in [0.4, 0.5) is 4.79 Å². The van der Waals surface area contributed by atoms with Gasteiger partial charge in [0, 0.05) is 0 Å². The Labute approximate surface area is 86.9 Å². The molecular weight excluding hydrogens is 200 g/mol. The van der Waals surface area contributed by atoms with Crippen molar-refractivity contribution in [2.24, 2.45) is 0 Å². The van der Waals surface area contributed by atoms with Crippen LogP contribution in [0, 0.1) is 0 Å². The number of benzene rings is 1. The number of aliphatic hydroxyl groups is 1. The number of phenols is 1. The first-order valence-electron chi connectivity index (χ1n) is 3.99. The van der Waals surface area contributed by atoms with Crippen LogP contribution < -0.4 is 0 Å². The zero-order valence-electron chi connectivity index (χ0n) is 7.96. The molecule has 0 saturated carbocycles. The molecule has 0 heterocycles. The molecule has 15 heavy (non-hydrogen) atoms. The van der Waals surface area contributed by atoms with Gasteiger partial charge in [0.05, 0.1) is 12.9 Å². The zero-order chi connectivity index (χ0) is 11.7. The van der Waals surface area contributed by atoms with Crippen LogP contribution in [0.15, 0.2) is 37.1 Å². The highest BCUT2D eigenvalue weighted by molar-refractivity contribution is 5.57. The van der Waals surface area contributed by atoms with Crippen molar-refractivity contribution in [2.75, 3.05) is 0 Å². The van der Waals surface area contributed by atoms with Gasteiger partial charge in [-0.2, -0.15) is 0 Å². The van der Waals surface area contributed by atoms with Crippen molar-refractivity contribution >= 4 is 6.16 Å². The lowest BCUT2D eigenvalue weighted by atomic mass is 10.2. The lowest BCUT2D eigenvalue weighted by Crippen LogP contribution is -1.89. The summed E-state index contributed by atoms with van der Waals surface area (Å²) in [5, 5.41) is 24.9. The standard InChI is InChI=1S/C7H8O2.C3H4O3/c8-5-6-1-3-7(9)4-2-6;1-2-6-3(4)5/h1-4,8-9H,5H2;2H,1H2,(H,4,5). The first-order valence-corrected chi connectivity index (χ1v) is 3.99. The third-order valence-corrected chi connectivity index (χ3v) is 1.30. The molecule has 82 valence electrons. The van der Waals surface area contributed by atoms with Crippen LogP contribution in [-0.2, 0) is 11.3 Å². The van der Waals surface area contributed by atoms with Gasteiger partial charge in [-0.1, -0.05) is 18.7 Å². The summed E-state index contributed by atoms with van der Waals surface area (Å²) < 4.78 is 3.72. The fraction of sp³-hybridized carbons (Fsp3) is 0.100. The first kappa shape index (κ1) is 13.0. The maximum atomic E-state index is 9.31. The molecule has 0 aliphatic heterocycles. The third kappa shape index (κ3) is 7.09. The van der Waals surface area contributed by atoms with Crippen LogP contribution in [0.1, 0.15) is 5.56 Å². The van der Waals surface area contributed by atoms with Gasteiger partial charge < -0.3 is 20.1 Å². The molecule has 3 N–H and O–H groups in total. The predicted octanol–water partition coefficient (Wildman–Crippen LogP) is 1.71. The fourth-order valence-corrected chi connectivity index (χ4v) is 0.673. The lowest BCUT2D eigenvalue weighted by molar-refractivity contribution is 0.128. The maximum Gasteiger partial charge on any atom is 0.510 e. The van der Waals surface area contributed by atoms with Gasteiger partial charge in [-0.05, 0) is 17.7 Å². The number of aromatic hydroxyl groups is 1. The van der Waals surface area contributed by atoms with Gasteiger partial charge >= 0.3 is 6.16 Å². The molecule has 0 aliphatic rings. The minimum atomic E-state index is -1.33. The summed E-state index contributed by atoms with van der Waals surface area (Å²) in [6.07, 6.45) is -0.479. The highest BCUT2D eigenvalue weighted by Gasteiger charge is 1.87. The van der Waals surface area contributed by atoms with E-state index in [0.29, 0.717) is 0 Å². The van der Waals surface area contributed by atoms with E-state index in [2.05, 4.69) is 11.3 Å². The van der Waals surface area contributed by atoms with Gasteiger partial charge in [0.2, 0.25) is 0 Å². The van der Waals surface area contributed by atoms with Crippen LogP contribution >= 0.6 is 0 Å². The van der Waals surface area contributed by atoms with Gasteiger partial charge in [0.15, 0.2) is 0 Å². The molecular formula is C10H12O5. The summed E-state index contributed by atoms with van der Waals surface area (Å²) in [7, 11) is 0. The number of rotatable bonds is 2. The summed E-state index contributed by atoms with van der Waals surface area (Å²) in [6.45, 7) is 3.03. The maximum absolute atomic E-state index is 9.31. The molecule has 0 bridgehead atoms. The van der Waals surface area contributed by atoms with Gasteiger partial charge in [-0.25, -0.2) is 4.79 Å². The van der Waals surface area contributed by atoms with Crippen molar-refractivity contribution < 1.29 is 24.9 Å². The Bertz CT molecular complexity index is 304. The molecule has 5 heteroatoms. The van der Waals surface area contributed by atoms with Gasteiger partial charge in [-0.3, -0.25) is 0 Å². The van der Waals surface area contributed by atoms with Crippen molar-refractivity contribution in [1.82, 2.24) is 0 Å². The molecule has 1 aromatic rings. The summed E-state index contributed by atoms with van der Waals surface area (Å²) in [4.78, 5) is 9.31. The Morgan fingerprint density at radius 1 is 1.40 bits per heavy atom. The van der Waals surface area contributed by atoms with Crippen molar-refractivity contribution in [1.29, 1.82) is 0 Å². The molecule has 0 unspecified atom stereocenters. The van der Waals surface area contributed by atoms with Gasteiger partial charge in [0.1, 0.15) is 5.75 Å². The van der Waals surface area contributed by atoms with E-state index >= 15 is 0 Å². The number of carbonyl (C=O) groups is 1. The molecule has 0 spiro atoms. The number of phenolic OH excluding ortho intramolecular Hbond substituents is 1. The average Bonchev–Trinajstić information content (AvgIpc) is 2.20. The van der Waals surface area contributed by atoms with Crippen LogP contribution in [0.25, 0.3) is 0 Å². The fourth-order valence-electron chi connectivity index (χ4n) is 0.673. The summed E-state index contributed by atoms with van der Waals surface area (Å²) >= 11 is 0. The topological polar surface area (TPSA) is 87.0 Å². The highest BCUT2D eigenvalue weighted by Crippen LogP contribution is 2.08. The van der Waals surface area contributed by atoms with Gasteiger partial charge in [0.25, 0.3) is 0 Å². The summed E-state index contributed by atoms with van der Waals surface area (Å²) in [6, 6.07) is 6.45. The highest BCUT2D eigenvalue weighted by atomic mass is 16.7. The van der Waals surface area contributed by atoms with E-state index in [-0.39, 0.29) is 12.4 Å². The number of aliphatic hydroxyl groups excluding tert-OH is 1. The molecule has 0 saturated heterocycles. The Morgan fingerprint density at radius 2 is 1.93 bits per heavy atom. The number of hydrogen-bond donors (Lipinski definition) is 3. The summed E-state index contributed by atoms with van der Waals surface area (Å²) in [5.74, 6) is 0.229. The number of hydrogen-bond acceptors (Lipinski definition) is 4.